The number of rotatable bonds is 7. The van der Waals surface area contributed by atoms with Gasteiger partial charge in [-0.15, -0.1) is 0 Å². The van der Waals surface area contributed by atoms with Gasteiger partial charge in [0.15, 0.2) is 5.76 Å². The van der Waals surface area contributed by atoms with Crippen LogP contribution in [0.1, 0.15) is 27.4 Å². The molecule has 0 radical (unpaired) electrons. The van der Waals surface area contributed by atoms with E-state index in [9.17, 15) is 10.1 Å². The minimum atomic E-state index is -0.0617. The molecule has 0 atom stereocenters. The topological polar surface area (TPSA) is 105 Å². The fraction of sp³-hybridized carbons (Fsp3) is 0.250. The zero-order valence-electron chi connectivity index (χ0n) is 20.6. The zero-order chi connectivity index (χ0) is 25.8. The molecule has 2 aromatic heterocycles. The molecular formula is C28H26N4O5. The van der Waals surface area contributed by atoms with Gasteiger partial charge in [0.1, 0.15) is 29.9 Å². The molecule has 0 bridgehead atoms. The first-order valence-corrected chi connectivity index (χ1v) is 11.9. The van der Waals surface area contributed by atoms with Gasteiger partial charge in [-0.3, -0.25) is 4.79 Å². The lowest BCUT2D eigenvalue weighted by atomic mass is 10.1. The molecule has 2 aromatic carbocycles. The smallest absolute Gasteiger partial charge is 0.266 e. The second-order valence-corrected chi connectivity index (χ2v) is 8.62. The van der Waals surface area contributed by atoms with Gasteiger partial charge in [0.25, 0.3) is 11.8 Å². The number of ether oxygens (including phenoxy) is 2. The van der Waals surface area contributed by atoms with Crippen LogP contribution in [0.4, 0.5) is 5.88 Å². The summed E-state index contributed by atoms with van der Waals surface area (Å²) in [5, 5.41) is 9.66. The van der Waals surface area contributed by atoms with Gasteiger partial charge in [-0.05, 0) is 48.9 Å². The molecule has 1 saturated heterocycles. The van der Waals surface area contributed by atoms with Gasteiger partial charge in [-0.2, -0.15) is 10.2 Å². The lowest BCUT2D eigenvalue weighted by Crippen LogP contribution is -2.48. The number of nitriles is 1. The molecular weight excluding hydrogens is 472 g/mol. The monoisotopic (exact) mass is 498 g/mol. The molecule has 188 valence electrons. The maximum atomic E-state index is 12.9. The number of benzene rings is 2. The van der Waals surface area contributed by atoms with Crippen molar-refractivity contribution in [2.45, 2.75) is 13.5 Å². The number of oxazole rings is 1. The number of methoxy groups -OCH3 is 1. The number of aryl methyl sites for hydroxylation is 1. The molecule has 9 heteroatoms. The summed E-state index contributed by atoms with van der Waals surface area (Å²) < 4.78 is 22.9. The highest BCUT2D eigenvalue weighted by Gasteiger charge is 2.28. The number of piperazine rings is 1. The first-order chi connectivity index (χ1) is 18.1. The van der Waals surface area contributed by atoms with Crippen molar-refractivity contribution in [1.29, 1.82) is 5.26 Å². The molecule has 3 heterocycles. The van der Waals surface area contributed by atoms with Crippen LogP contribution in [0.2, 0.25) is 0 Å². The number of para-hydroxylation sites is 1. The number of furan rings is 1. The van der Waals surface area contributed by atoms with Gasteiger partial charge in [0.05, 0.1) is 7.11 Å². The number of amides is 1. The Labute approximate surface area is 214 Å². The van der Waals surface area contributed by atoms with Crippen LogP contribution in [-0.2, 0) is 6.61 Å². The predicted molar refractivity (Wildman–Crippen MR) is 136 cm³/mol. The minimum Gasteiger partial charge on any atom is -0.497 e. The van der Waals surface area contributed by atoms with Crippen LogP contribution in [0, 0.1) is 18.3 Å². The third-order valence-corrected chi connectivity index (χ3v) is 6.22. The van der Waals surface area contributed by atoms with Crippen molar-refractivity contribution < 1.29 is 23.1 Å². The fourth-order valence-corrected chi connectivity index (χ4v) is 4.19. The van der Waals surface area contributed by atoms with Gasteiger partial charge < -0.3 is 28.1 Å². The molecule has 1 fully saturated rings. The van der Waals surface area contributed by atoms with Crippen LogP contribution < -0.4 is 14.4 Å². The Hall–Kier alpha value is -4.71. The van der Waals surface area contributed by atoms with Gasteiger partial charge >= 0.3 is 0 Å². The molecule has 0 saturated carbocycles. The molecule has 5 rings (SSSR count). The number of carbonyl (C=O) groups is 1. The summed E-state index contributed by atoms with van der Waals surface area (Å²) in [5.74, 6) is 2.99. The number of aromatic nitrogens is 1. The molecule has 0 aliphatic carbocycles. The quantitative estimate of drug-likeness (QED) is 0.362. The maximum Gasteiger partial charge on any atom is 0.266 e. The highest BCUT2D eigenvalue weighted by molar-refractivity contribution is 5.94. The molecule has 4 aromatic rings. The van der Waals surface area contributed by atoms with E-state index in [2.05, 4.69) is 11.1 Å². The summed E-state index contributed by atoms with van der Waals surface area (Å²) in [5.41, 5.74) is 1.79. The van der Waals surface area contributed by atoms with Crippen LogP contribution in [0.5, 0.6) is 11.5 Å². The van der Waals surface area contributed by atoms with Crippen LogP contribution in [0.3, 0.4) is 0 Å². The molecule has 1 aliphatic rings. The van der Waals surface area contributed by atoms with Crippen LogP contribution in [0.25, 0.3) is 11.7 Å². The predicted octanol–water partition coefficient (Wildman–Crippen LogP) is 4.66. The fourth-order valence-electron chi connectivity index (χ4n) is 4.19. The van der Waals surface area contributed by atoms with Crippen molar-refractivity contribution in [3.05, 3.63) is 83.2 Å². The average molecular weight is 499 g/mol. The van der Waals surface area contributed by atoms with E-state index in [-0.39, 0.29) is 24.1 Å². The van der Waals surface area contributed by atoms with Gasteiger partial charge in [0, 0.05) is 31.7 Å². The average Bonchev–Trinajstić information content (AvgIpc) is 3.60. The van der Waals surface area contributed by atoms with Crippen molar-refractivity contribution >= 4 is 11.8 Å². The minimum absolute atomic E-state index is 0.0617. The van der Waals surface area contributed by atoms with E-state index in [0.717, 1.165) is 11.3 Å². The van der Waals surface area contributed by atoms with Crippen LogP contribution in [0.15, 0.2) is 69.5 Å². The first kappa shape index (κ1) is 24.0. The lowest BCUT2D eigenvalue weighted by Gasteiger charge is -2.34. The third-order valence-electron chi connectivity index (χ3n) is 6.22. The summed E-state index contributed by atoms with van der Waals surface area (Å²) in [7, 11) is 1.57. The highest BCUT2D eigenvalue weighted by atomic mass is 16.5. The molecule has 37 heavy (non-hydrogen) atoms. The van der Waals surface area contributed by atoms with Gasteiger partial charge in [-0.25, -0.2) is 0 Å². The molecule has 0 N–H and O–H groups in total. The summed E-state index contributed by atoms with van der Waals surface area (Å²) in [6.07, 6.45) is 0. The van der Waals surface area contributed by atoms with Crippen LogP contribution in [-0.4, -0.2) is 49.1 Å². The van der Waals surface area contributed by atoms with Crippen molar-refractivity contribution in [3.8, 4) is 29.2 Å². The van der Waals surface area contributed by atoms with E-state index in [4.69, 9.17) is 18.3 Å². The number of nitrogens with zero attached hydrogens (tertiary/aromatic N) is 4. The molecule has 0 spiro atoms. The SMILES string of the molecule is COc1cccc(C(=O)N2CCN(c3oc(-c4ccc(COc5ccccc5C)o4)nc3C#N)CC2)c1. The number of anilines is 1. The maximum absolute atomic E-state index is 12.9. The normalized spacial score (nSPS) is 13.3. The largest absolute Gasteiger partial charge is 0.497 e. The standard InChI is InChI=1S/C28H26N4O5/c1-19-6-3-4-9-24(19)35-18-22-10-11-25(36-22)26-30-23(17-29)28(37-26)32-14-12-31(13-15-32)27(33)20-7-5-8-21(16-20)34-2/h3-11,16H,12-15,18H2,1-2H3. The van der Waals surface area contributed by atoms with Crippen molar-refractivity contribution in [2.24, 2.45) is 0 Å². The number of carbonyl (C=O) groups excluding carboxylic acids is 1. The van der Waals surface area contributed by atoms with E-state index in [1.54, 1.807) is 48.4 Å². The van der Waals surface area contributed by atoms with Crippen LogP contribution >= 0.6 is 0 Å². The second-order valence-electron chi connectivity index (χ2n) is 8.62. The van der Waals surface area contributed by atoms with E-state index in [1.165, 1.54) is 0 Å². The molecule has 9 nitrogen and oxygen atoms in total. The lowest BCUT2D eigenvalue weighted by molar-refractivity contribution is 0.0745. The second kappa shape index (κ2) is 10.5. The zero-order valence-corrected chi connectivity index (χ0v) is 20.6. The first-order valence-electron chi connectivity index (χ1n) is 11.9. The third kappa shape index (κ3) is 5.14. The Morgan fingerprint density at radius 3 is 2.62 bits per heavy atom. The van der Waals surface area contributed by atoms with E-state index >= 15 is 0 Å². The Balaban J connectivity index is 1.24. The van der Waals surface area contributed by atoms with E-state index < -0.39 is 0 Å². The van der Waals surface area contributed by atoms with Crippen molar-refractivity contribution in [1.82, 2.24) is 9.88 Å². The Morgan fingerprint density at radius 1 is 1.05 bits per heavy atom. The van der Waals surface area contributed by atoms with E-state index in [1.807, 2.05) is 36.1 Å². The Morgan fingerprint density at radius 2 is 1.86 bits per heavy atom. The van der Waals surface area contributed by atoms with Gasteiger partial charge in [0.2, 0.25) is 11.6 Å². The summed E-state index contributed by atoms with van der Waals surface area (Å²) >= 11 is 0. The molecule has 0 unspecified atom stereocenters. The number of hydrogen-bond donors (Lipinski definition) is 0. The summed E-state index contributed by atoms with van der Waals surface area (Å²) in [4.78, 5) is 21.0. The van der Waals surface area contributed by atoms with E-state index in [0.29, 0.717) is 54.9 Å². The summed E-state index contributed by atoms with van der Waals surface area (Å²) in [6.45, 7) is 4.22. The summed E-state index contributed by atoms with van der Waals surface area (Å²) in [6, 6.07) is 20.5. The number of hydrogen-bond acceptors (Lipinski definition) is 8. The Kier molecular flexibility index (Phi) is 6.81. The molecule has 1 amide bonds. The highest BCUT2D eigenvalue weighted by Crippen LogP contribution is 2.30. The van der Waals surface area contributed by atoms with Crippen molar-refractivity contribution in [2.75, 3.05) is 38.2 Å². The molecule has 1 aliphatic heterocycles. The van der Waals surface area contributed by atoms with Gasteiger partial charge in [-0.1, -0.05) is 24.3 Å². The van der Waals surface area contributed by atoms with Crippen molar-refractivity contribution in [3.63, 3.8) is 0 Å². The Bertz CT molecular complexity index is 1440.